The molecule has 19 heavy (non-hydrogen) atoms. The van der Waals surface area contributed by atoms with E-state index in [1.807, 2.05) is 0 Å². The molecule has 2 unspecified atom stereocenters. The number of nitrogens with zero attached hydrogens (tertiary/aromatic N) is 1. The Kier molecular flexibility index (Phi) is 2.51. The molecule has 1 heterocycles. The number of sulfonamides is 1. The Bertz CT molecular complexity index is 563. The van der Waals surface area contributed by atoms with Gasteiger partial charge in [-0.2, -0.15) is 0 Å². The Hall–Kier alpha value is -0.840. The number of amides is 1. The van der Waals surface area contributed by atoms with Gasteiger partial charge in [0.2, 0.25) is 10.0 Å². The second-order valence-corrected chi connectivity index (χ2v) is 8.60. The zero-order valence-corrected chi connectivity index (χ0v) is 12.5. The van der Waals surface area contributed by atoms with Gasteiger partial charge in [-0.3, -0.25) is 4.79 Å². The van der Waals surface area contributed by atoms with E-state index in [4.69, 9.17) is 0 Å². The fraction of sp³-hybridized carbons (Fsp3) is 0.786. The van der Waals surface area contributed by atoms with E-state index < -0.39 is 10.0 Å². The number of rotatable bonds is 1. The van der Waals surface area contributed by atoms with Gasteiger partial charge in [-0.15, -0.1) is 0 Å². The zero-order valence-electron chi connectivity index (χ0n) is 11.7. The molecule has 3 atom stereocenters. The van der Waals surface area contributed by atoms with Gasteiger partial charge in [-0.25, -0.2) is 12.7 Å². The quantitative estimate of drug-likeness (QED) is 0.691. The average Bonchev–Trinajstić information content (AvgIpc) is 2.75. The summed E-state index contributed by atoms with van der Waals surface area (Å²) in [4.78, 5) is 12.1. The van der Waals surface area contributed by atoms with Crippen LogP contribution in [0.25, 0.3) is 0 Å². The van der Waals surface area contributed by atoms with Crippen molar-refractivity contribution in [2.75, 3.05) is 5.75 Å². The first kappa shape index (κ1) is 13.2. The van der Waals surface area contributed by atoms with Crippen LogP contribution in [0.2, 0.25) is 0 Å². The molecule has 3 fully saturated rings. The van der Waals surface area contributed by atoms with Crippen molar-refractivity contribution in [3.63, 3.8) is 0 Å². The highest BCUT2D eigenvalue weighted by atomic mass is 32.2. The molecule has 0 radical (unpaired) electrons. The Morgan fingerprint density at radius 1 is 1.37 bits per heavy atom. The molecule has 5 heteroatoms. The van der Waals surface area contributed by atoms with Crippen molar-refractivity contribution < 1.29 is 13.2 Å². The van der Waals surface area contributed by atoms with Gasteiger partial charge in [-0.05, 0) is 43.6 Å². The van der Waals surface area contributed by atoms with E-state index in [0.717, 1.165) is 19.3 Å². The van der Waals surface area contributed by atoms with Crippen LogP contribution in [-0.2, 0) is 14.8 Å². The predicted molar refractivity (Wildman–Crippen MR) is 72.8 cm³/mol. The van der Waals surface area contributed by atoms with Gasteiger partial charge < -0.3 is 0 Å². The molecular formula is C14H21NO3S. The SMILES string of the molecule is C/C=C/C(=O)N1C2CC3CC[C@@]2(CS1(=O)=O)C3(C)C. The lowest BCUT2D eigenvalue weighted by molar-refractivity contribution is -0.124. The minimum atomic E-state index is -3.45. The summed E-state index contributed by atoms with van der Waals surface area (Å²) in [6.45, 7) is 6.11. The Morgan fingerprint density at radius 2 is 2.05 bits per heavy atom. The van der Waals surface area contributed by atoms with Crippen LogP contribution in [0.5, 0.6) is 0 Å². The molecule has 4 nitrogen and oxygen atoms in total. The van der Waals surface area contributed by atoms with Gasteiger partial charge in [0.15, 0.2) is 0 Å². The second kappa shape index (κ2) is 3.62. The summed E-state index contributed by atoms with van der Waals surface area (Å²) >= 11 is 0. The minimum Gasteiger partial charge on any atom is -0.269 e. The number of hydrogen-bond acceptors (Lipinski definition) is 3. The van der Waals surface area contributed by atoms with Gasteiger partial charge in [0, 0.05) is 5.41 Å². The van der Waals surface area contributed by atoms with Crippen molar-refractivity contribution >= 4 is 15.9 Å². The lowest BCUT2D eigenvalue weighted by Crippen LogP contribution is -2.43. The van der Waals surface area contributed by atoms with Crippen LogP contribution in [0, 0.1) is 16.7 Å². The fourth-order valence-corrected chi connectivity index (χ4v) is 7.30. The topological polar surface area (TPSA) is 54.5 Å². The minimum absolute atomic E-state index is 0.0235. The van der Waals surface area contributed by atoms with Crippen LogP contribution >= 0.6 is 0 Å². The third-order valence-corrected chi connectivity index (χ3v) is 7.85. The maximum absolute atomic E-state index is 12.4. The van der Waals surface area contributed by atoms with E-state index in [1.54, 1.807) is 13.0 Å². The summed E-state index contributed by atoms with van der Waals surface area (Å²) in [6.07, 6.45) is 5.87. The van der Waals surface area contributed by atoms with Crippen molar-refractivity contribution in [3.8, 4) is 0 Å². The molecule has 0 aromatic carbocycles. The summed E-state index contributed by atoms with van der Waals surface area (Å²) in [7, 11) is -3.45. The second-order valence-electron chi connectivity index (χ2n) is 6.76. The van der Waals surface area contributed by atoms with E-state index in [1.165, 1.54) is 10.4 Å². The first-order chi connectivity index (χ1) is 8.76. The lowest BCUT2D eigenvalue weighted by Gasteiger charge is -2.36. The molecule has 0 aromatic heterocycles. The van der Waals surface area contributed by atoms with Crippen molar-refractivity contribution in [2.24, 2.45) is 16.7 Å². The molecule has 0 N–H and O–H groups in total. The van der Waals surface area contributed by atoms with Gasteiger partial charge in [0.25, 0.3) is 5.91 Å². The molecule has 3 aliphatic rings. The van der Waals surface area contributed by atoms with Crippen LogP contribution < -0.4 is 0 Å². The molecular weight excluding hydrogens is 262 g/mol. The number of allylic oxidation sites excluding steroid dienone is 1. The van der Waals surface area contributed by atoms with Gasteiger partial charge in [0.05, 0.1) is 11.8 Å². The first-order valence-corrected chi connectivity index (χ1v) is 8.56. The summed E-state index contributed by atoms with van der Waals surface area (Å²) < 4.78 is 26.1. The number of carbonyl (C=O) groups is 1. The maximum atomic E-state index is 12.4. The third kappa shape index (κ3) is 1.40. The molecule has 0 aromatic rings. The van der Waals surface area contributed by atoms with Gasteiger partial charge in [-0.1, -0.05) is 19.9 Å². The molecule has 2 saturated carbocycles. The van der Waals surface area contributed by atoms with Crippen molar-refractivity contribution in [3.05, 3.63) is 12.2 Å². The van der Waals surface area contributed by atoms with Crippen LogP contribution in [0.4, 0.5) is 0 Å². The van der Waals surface area contributed by atoms with E-state index >= 15 is 0 Å². The largest absolute Gasteiger partial charge is 0.269 e. The number of hydrogen-bond donors (Lipinski definition) is 0. The van der Waals surface area contributed by atoms with Crippen LogP contribution in [0.3, 0.4) is 0 Å². The van der Waals surface area contributed by atoms with E-state index in [-0.39, 0.29) is 28.5 Å². The maximum Gasteiger partial charge on any atom is 0.259 e. The van der Waals surface area contributed by atoms with Crippen molar-refractivity contribution in [2.45, 2.75) is 46.1 Å². The highest BCUT2D eigenvalue weighted by molar-refractivity contribution is 7.90. The van der Waals surface area contributed by atoms with Gasteiger partial charge in [0.1, 0.15) is 0 Å². The normalized spacial score (nSPS) is 41.9. The van der Waals surface area contributed by atoms with Gasteiger partial charge >= 0.3 is 0 Å². The summed E-state index contributed by atoms with van der Waals surface area (Å²) in [5.41, 5.74) is -0.191. The Labute approximate surface area is 114 Å². The third-order valence-electron chi connectivity index (χ3n) is 5.94. The summed E-state index contributed by atoms with van der Waals surface area (Å²) in [5, 5.41) is 0. The molecule has 106 valence electrons. The Balaban J connectivity index is 2.09. The fourth-order valence-electron chi connectivity index (χ4n) is 4.80. The molecule has 3 rings (SSSR count). The molecule has 1 aliphatic heterocycles. The van der Waals surface area contributed by atoms with Crippen molar-refractivity contribution in [1.82, 2.24) is 4.31 Å². The standard InChI is InChI=1S/C14H21NO3S/c1-4-5-12(16)15-11-8-10-6-7-14(11,13(10,2)3)9-19(15,17)18/h4-5,10-11H,6-9H2,1-3H3/b5-4+/t10?,11?,14-/m0/s1. The number of fused-ring (bicyclic) bond motifs is 1. The number of carbonyl (C=O) groups excluding carboxylic acids is 1. The first-order valence-electron chi connectivity index (χ1n) is 6.95. The van der Waals surface area contributed by atoms with Crippen LogP contribution in [0.15, 0.2) is 12.2 Å². The van der Waals surface area contributed by atoms with Crippen LogP contribution in [-0.4, -0.2) is 30.4 Å². The highest BCUT2D eigenvalue weighted by Crippen LogP contribution is 2.69. The van der Waals surface area contributed by atoms with Crippen LogP contribution in [0.1, 0.15) is 40.0 Å². The van der Waals surface area contributed by atoms with E-state index in [9.17, 15) is 13.2 Å². The predicted octanol–water partition coefficient (Wildman–Crippen LogP) is 1.93. The molecule has 1 amide bonds. The smallest absolute Gasteiger partial charge is 0.259 e. The molecule has 1 saturated heterocycles. The highest BCUT2D eigenvalue weighted by Gasteiger charge is 2.72. The molecule has 2 bridgehead atoms. The molecule has 2 aliphatic carbocycles. The molecule has 1 spiro atoms. The van der Waals surface area contributed by atoms with E-state index in [0.29, 0.717) is 5.92 Å². The zero-order chi connectivity index (χ0) is 14.1. The summed E-state index contributed by atoms with van der Waals surface area (Å²) in [6, 6.07) is -0.116. The average molecular weight is 283 g/mol. The van der Waals surface area contributed by atoms with Crippen molar-refractivity contribution in [1.29, 1.82) is 0 Å². The summed E-state index contributed by atoms with van der Waals surface area (Å²) in [5.74, 6) is 0.332. The lowest BCUT2D eigenvalue weighted by atomic mass is 9.69. The Morgan fingerprint density at radius 3 is 2.63 bits per heavy atom. The monoisotopic (exact) mass is 283 g/mol. The van der Waals surface area contributed by atoms with E-state index in [2.05, 4.69) is 13.8 Å².